The van der Waals surface area contributed by atoms with Crippen molar-refractivity contribution in [2.45, 2.75) is 38.8 Å². The van der Waals surface area contributed by atoms with Crippen LogP contribution in [0.2, 0.25) is 0 Å². The lowest BCUT2D eigenvalue weighted by atomic mass is 9.85. The minimum absolute atomic E-state index is 0.162. The normalized spacial score (nSPS) is 25.1. The Balaban J connectivity index is 1.65. The molecule has 3 aliphatic rings. The topological polar surface area (TPSA) is 101 Å². The van der Waals surface area contributed by atoms with Crippen molar-refractivity contribution in [2.24, 2.45) is 11.8 Å². The summed E-state index contributed by atoms with van der Waals surface area (Å²) >= 11 is 0. The minimum Gasteiger partial charge on any atom is -0.352 e. The Kier molecular flexibility index (Phi) is 5.31. The van der Waals surface area contributed by atoms with Crippen LogP contribution in [0.25, 0.3) is 5.57 Å². The number of anilines is 1. The number of imide groups is 1. The third kappa shape index (κ3) is 3.16. The van der Waals surface area contributed by atoms with Crippen molar-refractivity contribution >= 4 is 34.5 Å². The number of nitro groups is 1. The molecule has 5 rings (SSSR count). The lowest BCUT2D eigenvalue weighted by Gasteiger charge is -2.38. The molecule has 0 spiro atoms. The molecule has 3 heterocycles. The number of para-hydroxylation sites is 1. The second kappa shape index (κ2) is 8.20. The number of amides is 2. The van der Waals surface area contributed by atoms with Gasteiger partial charge in [0.25, 0.3) is 5.69 Å². The van der Waals surface area contributed by atoms with Gasteiger partial charge in [0, 0.05) is 35.5 Å². The van der Waals surface area contributed by atoms with Gasteiger partial charge in [-0.3, -0.25) is 29.4 Å². The molecule has 0 aromatic heterocycles. The molecule has 2 aromatic rings. The highest BCUT2D eigenvalue weighted by atomic mass is 16.6. The summed E-state index contributed by atoms with van der Waals surface area (Å²) in [4.78, 5) is 54.9. The number of nitrogens with zero attached hydrogens (tertiary/aromatic N) is 3. The van der Waals surface area contributed by atoms with Gasteiger partial charge in [0.2, 0.25) is 11.8 Å². The summed E-state index contributed by atoms with van der Waals surface area (Å²) in [5.74, 6) is -2.46. The van der Waals surface area contributed by atoms with Gasteiger partial charge in [-0.25, -0.2) is 0 Å². The number of allylic oxidation sites excluding steroid dienone is 1. The van der Waals surface area contributed by atoms with E-state index in [9.17, 15) is 24.5 Å². The highest BCUT2D eigenvalue weighted by Crippen LogP contribution is 2.50. The molecule has 174 valence electrons. The molecule has 2 fully saturated rings. The molecule has 8 nitrogen and oxygen atoms in total. The molecule has 0 N–H and O–H groups in total. The van der Waals surface area contributed by atoms with Crippen LogP contribution in [0.5, 0.6) is 0 Å². The molecule has 3 aliphatic heterocycles. The first-order valence-corrected chi connectivity index (χ1v) is 11.5. The minimum atomic E-state index is -0.925. The molecule has 0 saturated carbocycles. The fourth-order valence-corrected chi connectivity index (χ4v) is 5.64. The lowest BCUT2D eigenvalue weighted by Crippen LogP contribution is -2.49. The molecule has 4 atom stereocenters. The lowest BCUT2D eigenvalue weighted by molar-refractivity contribution is -0.384. The SMILES string of the molecule is CCCCN1C(=O)[C@@H]2[C@H](C1=O)[C@@H](C(=O)c1cccc([N+](=O)[O-])c1)N1c3ccccc3C(C)=C[C@@H]21. The summed E-state index contributed by atoms with van der Waals surface area (Å²) in [6.45, 7) is 4.30. The van der Waals surface area contributed by atoms with Gasteiger partial charge < -0.3 is 4.90 Å². The second-order valence-electron chi connectivity index (χ2n) is 9.11. The first-order valence-electron chi connectivity index (χ1n) is 11.5. The second-order valence-corrected chi connectivity index (χ2v) is 9.11. The number of hydrogen-bond acceptors (Lipinski definition) is 6. The quantitative estimate of drug-likeness (QED) is 0.281. The predicted octanol–water partition coefficient (Wildman–Crippen LogP) is 3.85. The maximum Gasteiger partial charge on any atom is 0.270 e. The van der Waals surface area contributed by atoms with Gasteiger partial charge in [0.05, 0.1) is 22.8 Å². The Hall–Kier alpha value is -3.81. The van der Waals surface area contributed by atoms with Gasteiger partial charge in [-0.1, -0.05) is 49.8 Å². The third-order valence-corrected chi connectivity index (χ3v) is 7.19. The van der Waals surface area contributed by atoms with Crippen molar-refractivity contribution in [2.75, 3.05) is 11.4 Å². The molecule has 0 unspecified atom stereocenters. The van der Waals surface area contributed by atoms with E-state index in [1.807, 2.05) is 49.1 Å². The van der Waals surface area contributed by atoms with Crippen molar-refractivity contribution in [1.82, 2.24) is 4.90 Å². The summed E-state index contributed by atoms with van der Waals surface area (Å²) in [6.07, 6.45) is 3.52. The van der Waals surface area contributed by atoms with E-state index >= 15 is 0 Å². The molecular weight excluding hydrogens is 434 g/mol. The van der Waals surface area contributed by atoms with Crippen molar-refractivity contribution in [3.63, 3.8) is 0 Å². The number of ketones is 1. The van der Waals surface area contributed by atoms with Crippen LogP contribution >= 0.6 is 0 Å². The van der Waals surface area contributed by atoms with E-state index in [1.54, 1.807) is 0 Å². The standard InChI is InChI=1S/C26H25N3O5/c1-3-4-12-27-25(31)21-20-13-15(2)18-10-5-6-11-19(18)28(20)23(22(21)26(27)32)24(30)16-8-7-9-17(14-16)29(33)34/h5-11,13-14,20-23H,3-4,12H2,1-2H3/t20-,21-,22-,23-/m0/s1. The van der Waals surface area contributed by atoms with Crippen LogP contribution in [0.15, 0.2) is 54.6 Å². The van der Waals surface area contributed by atoms with Crippen LogP contribution in [-0.4, -0.2) is 46.0 Å². The number of carbonyl (C=O) groups excluding carboxylic acids is 3. The van der Waals surface area contributed by atoms with Gasteiger partial charge in [0.1, 0.15) is 6.04 Å². The van der Waals surface area contributed by atoms with Crippen molar-refractivity contribution in [1.29, 1.82) is 0 Å². The number of hydrogen-bond donors (Lipinski definition) is 0. The molecule has 2 saturated heterocycles. The number of likely N-dealkylation sites (tertiary alicyclic amines) is 1. The van der Waals surface area contributed by atoms with Gasteiger partial charge in [0.15, 0.2) is 5.78 Å². The van der Waals surface area contributed by atoms with Crippen molar-refractivity contribution < 1.29 is 19.3 Å². The van der Waals surface area contributed by atoms with Crippen molar-refractivity contribution in [3.05, 3.63) is 75.8 Å². The van der Waals surface area contributed by atoms with Crippen LogP contribution in [0, 0.1) is 22.0 Å². The zero-order valence-corrected chi connectivity index (χ0v) is 19.0. The summed E-state index contributed by atoms with van der Waals surface area (Å²) in [5, 5.41) is 11.3. The van der Waals surface area contributed by atoms with Gasteiger partial charge in [-0.05, 0) is 25.0 Å². The Labute approximate surface area is 197 Å². The van der Waals surface area contributed by atoms with E-state index in [0.29, 0.717) is 13.0 Å². The zero-order chi connectivity index (χ0) is 24.1. The van der Waals surface area contributed by atoms with Crippen LogP contribution in [0.4, 0.5) is 11.4 Å². The van der Waals surface area contributed by atoms with E-state index in [0.717, 1.165) is 23.2 Å². The van der Waals surface area contributed by atoms with E-state index < -0.39 is 28.8 Å². The zero-order valence-electron chi connectivity index (χ0n) is 19.0. The third-order valence-electron chi connectivity index (χ3n) is 7.19. The van der Waals surface area contributed by atoms with Crippen molar-refractivity contribution in [3.8, 4) is 0 Å². The maximum atomic E-state index is 13.9. The van der Waals surface area contributed by atoms with Crippen LogP contribution in [0.1, 0.15) is 42.6 Å². The average molecular weight is 460 g/mol. The average Bonchev–Trinajstić information content (AvgIpc) is 3.30. The number of benzene rings is 2. The fraction of sp³-hybridized carbons (Fsp3) is 0.346. The molecular formula is C26H25N3O5. The Morgan fingerprint density at radius 1 is 1.06 bits per heavy atom. The molecule has 2 aromatic carbocycles. The summed E-state index contributed by atoms with van der Waals surface area (Å²) in [5.41, 5.74) is 2.70. The first kappa shape index (κ1) is 22.0. The number of carbonyl (C=O) groups is 3. The Morgan fingerprint density at radius 2 is 1.79 bits per heavy atom. The Morgan fingerprint density at radius 3 is 2.53 bits per heavy atom. The van der Waals surface area contributed by atoms with E-state index in [4.69, 9.17) is 0 Å². The first-order chi connectivity index (χ1) is 16.3. The number of nitro benzene ring substituents is 1. The molecule has 0 bridgehead atoms. The van der Waals surface area contributed by atoms with Crippen LogP contribution in [-0.2, 0) is 9.59 Å². The molecule has 0 aliphatic carbocycles. The molecule has 2 amide bonds. The van der Waals surface area contributed by atoms with Crippen LogP contribution in [0.3, 0.4) is 0 Å². The van der Waals surface area contributed by atoms with Gasteiger partial charge >= 0.3 is 0 Å². The predicted molar refractivity (Wildman–Crippen MR) is 126 cm³/mol. The monoisotopic (exact) mass is 459 g/mol. The summed E-state index contributed by atoms with van der Waals surface area (Å²) in [6, 6.07) is 11.9. The number of unbranched alkanes of at least 4 members (excludes halogenated alkanes) is 1. The van der Waals surface area contributed by atoms with E-state index in [1.165, 1.54) is 29.2 Å². The Bertz CT molecular complexity index is 1250. The number of Topliss-reactive ketones (excluding diaryl/α,β-unsaturated/α-hetero) is 1. The highest BCUT2D eigenvalue weighted by Gasteiger charge is 2.64. The largest absolute Gasteiger partial charge is 0.352 e. The molecule has 34 heavy (non-hydrogen) atoms. The highest BCUT2D eigenvalue weighted by molar-refractivity contribution is 6.14. The van der Waals surface area contributed by atoms with Crippen LogP contribution < -0.4 is 4.90 Å². The fourth-order valence-electron chi connectivity index (χ4n) is 5.64. The molecule has 0 radical (unpaired) electrons. The van der Waals surface area contributed by atoms with Gasteiger partial charge in [-0.15, -0.1) is 0 Å². The van der Waals surface area contributed by atoms with E-state index in [-0.39, 0.29) is 28.8 Å². The maximum absolute atomic E-state index is 13.9. The summed E-state index contributed by atoms with van der Waals surface area (Å²) < 4.78 is 0. The smallest absolute Gasteiger partial charge is 0.270 e. The summed E-state index contributed by atoms with van der Waals surface area (Å²) in [7, 11) is 0. The molecule has 8 heteroatoms. The number of rotatable bonds is 6. The van der Waals surface area contributed by atoms with Gasteiger partial charge in [-0.2, -0.15) is 0 Å². The number of non-ortho nitro benzene ring substituents is 1. The number of fused-ring (bicyclic) bond motifs is 5. The van der Waals surface area contributed by atoms with E-state index in [2.05, 4.69) is 0 Å².